The molecular weight excluding hydrogens is 350 g/mol. The van der Waals surface area contributed by atoms with Gasteiger partial charge < -0.3 is 20.5 Å². The summed E-state index contributed by atoms with van der Waals surface area (Å²) in [5, 5.41) is 17.8. The Kier molecular flexibility index (Phi) is 7.87. The third kappa shape index (κ3) is 6.31. The number of carbonyl (C=O) groups is 1. The molecular formula is C19H27N3O3S. The van der Waals surface area contributed by atoms with Crippen molar-refractivity contribution < 1.29 is 14.6 Å². The van der Waals surface area contributed by atoms with Crippen molar-refractivity contribution in [2.45, 2.75) is 39.4 Å². The number of aliphatic imine (C=N–C) groups is 1. The van der Waals surface area contributed by atoms with Crippen LogP contribution < -0.4 is 10.6 Å². The summed E-state index contributed by atoms with van der Waals surface area (Å²) in [5.74, 6) is 0.332. The second-order valence-electron chi connectivity index (χ2n) is 6.14. The van der Waals surface area contributed by atoms with Gasteiger partial charge in [-0.25, -0.2) is 0 Å². The van der Waals surface area contributed by atoms with Gasteiger partial charge in [0.05, 0.1) is 19.1 Å². The number of aliphatic hydroxyl groups excluding tert-OH is 1. The minimum atomic E-state index is -0.659. The van der Waals surface area contributed by atoms with Gasteiger partial charge in [0.1, 0.15) is 6.10 Å². The van der Waals surface area contributed by atoms with Crippen molar-refractivity contribution in [1.82, 2.24) is 10.6 Å². The third-order valence-electron chi connectivity index (χ3n) is 3.53. The molecule has 1 atom stereocenters. The molecule has 2 aromatic rings. The molecule has 1 aromatic heterocycles. The molecule has 0 spiro atoms. The largest absolute Gasteiger partial charge is 0.463 e. The lowest BCUT2D eigenvalue weighted by molar-refractivity contribution is -0.147. The number of benzene rings is 1. The lowest BCUT2D eigenvalue weighted by Gasteiger charge is -2.13. The van der Waals surface area contributed by atoms with Crippen molar-refractivity contribution in [3.63, 3.8) is 0 Å². The number of hydrogen-bond acceptors (Lipinski definition) is 5. The van der Waals surface area contributed by atoms with Crippen LogP contribution in [0.15, 0.2) is 35.3 Å². The average molecular weight is 378 g/mol. The number of thiophene rings is 1. The number of esters is 1. The minimum absolute atomic E-state index is 0.110. The number of guanidine groups is 1. The van der Waals surface area contributed by atoms with Crippen molar-refractivity contribution in [3.8, 4) is 0 Å². The summed E-state index contributed by atoms with van der Waals surface area (Å²) >= 11 is 1.58. The van der Waals surface area contributed by atoms with Gasteiger partial charge in [-0.3, -0.25) is 9.79 Å². The molecule has 0 saturated heterocycles. The van der Waals surface area contributed by atoms with Crippen molar-refractivity contribution in [3.05, 3.63) is 35.2 Å². The monoisotopic (exact) mass is 377 g/mol. The topological polar surface area (TPSA) is 83.0 Å². The molecule has 0 saturated carbocycles. The van der Waals surface area contributed by atoms with E-state index in [2.05, 4.69) is 15.6 Å². The van der Waals surface area contributed by atoms with E-state index in [0.29, 0.717) is 19.0 Å². The summed E-state index contributed by atoms with van der Waals surface area (Å²) in [4.78, 5) is 16.9. The van der Waals surface area contributed by atoms with E-state index < -0.39 is 6.10 Å². The lowest BCUT2D eigenvalue weighted by atomic mass is 10.2. The zero-order chi connectivity index (χ0) is 18.9. The summed E-state index contributed by atoms with van der Waals surface area (Å²) in [6, 6.07) is 10.1. The molecule has 0 aliphatic carbocycles. The molecule has 26 heavy (non-hydrogen) atoms. The average Bonchev–Trinajstić information content (AvgIpc) is 3.03. The number of fused-ring (bicyclic) bond motifs is 1. The first-order valence-electron chi connectivity index (χ1n) is 8.87. The van der Waals surface area contributed by atoms with E-state index in [1.54, 1.807) is 11.3 Å². The van der Waals surface area contributed by atoms with Crippen LogP contribution in [0.4, 0.5) is 0 Å². The van der Waals surface area contributed by atoms with Gasteiger partial charge in [-0.15, -0.1) is 11.3 Å². The molecule has 142 valence electrons. The van der Waals surface area contributed by atoms with E-state index in [-0.39, 0.29) is 25.0 Å². The maximum atomic E-state index is 11.6. The van der Waals surface area contributed by atoms with Crippen LogP contribution in [0, 0.1) is 0 Å². The van der Waals surface area contributed by atoms with Gasteiger partial charge in [-0.1, -0.05) is 18.2 Å². The molecule has 1 heterocycles. The molecule has 0 aliphatic rings. The highest BCUT2D eigenvalue weighted by Crippen LogP contribution is 2.29. The summed E-state index contributed by atoms with van der Waals surface area (Å²) in [5.41, 5.74) is 0. The first-order valence-corrected chi connectivity index (χ1v) is 9.69. The van der Waals surface area contributed by atoms with Gasteiger partial charge in [0.2, 0.25) is 0 Å². The Hall–Kier alpha value is -2.12. The van der Waals surface area contributed by atoms with Gasteiger partial charge in [0.25, 0.3) is 0 Å². The lowest BCUT2D eigenvalue weighted by Crippen LogP contribution is -2.38. The molecule has 0 amide bonds. The van der Waals surface area contributed by atoms with E-state index in [0.717, 1.165) is 15.0 Å². The highest BCUT2D eigenvalue weighted by atomic mass is 32.1. The highest BCUT2D eigenvalue weighted by Gasteiger charge is 2.12. The molecule has 0 radical (unpaired) electrons. The molecule has 0 fully saturated rings. The molecule has 2 rings (SSSR count). The SMILES string of the molecule is CCNC(=NCC(O)c1cc2ccccc2s1)NCCC(=O)OC(C)C. The first-order chi connectivity index (χ1) is 12.5. The Morgan fingerprint density at radius 1 is 1.31 bits per heavy atom. The van der Waals surface area contributed by atoms with Gasteiger partial charge in [0.15, 0.2) is 5.96 Å². The van der Waals surface area contributed by atoms with Crippen LogP contribution in [0.3, 0.4) is 0 Å². The van der Waals surface area contributed by atoms with Crippen LogP contribution in [0.5, 0.6) is 0 Å². The highest BCUT2D eigenvalue weighted by molar-refractivity contribution is 7.19. The van der Waals surface area contributed by atoms with Gasteiger partial charge in [-0.05, 0) is 38.3 Å². The van der Waals surface area contributed by atoms with Crippen molar-refractivity contribution >= 4 is 33.4 Å². The molecule has 6 nitrogen and oxygen atoms in total. The van der Waals surface area contributed by atoms with Crippen LogP contribution >= 0.6 is 11.3 Å². The van der Waals surface area contributed by atoms with Crippen molar-refractivity contribution in [2.24, 2.45) is 4.99 Å². The summed E-state index contributed by atoms with van der Waals surface area (Å²) in [6.07, 6.45) is -0.504. The predicted octanol–water partition coefficient (Wildman–Crippen LogP) is 2.83. The number of aliphatic hydroxyl groups is 1. The Morgan fingerprint density at radius 2 is 2.08 bits per heavy atom. The second kappa shape index (κ2) is 10.1. The number of nitrogens with zero attached hydrogens (tertiary/aromatic N) is 1. The number of carbonyl (C=O) groups excluding carboxylic acids is 1. The van der Waals surface area contributed by atoms with Gasteiger partial charge >= 0.3 is 5.97 Å². The summed E-state index contributed by atoms with van der Waals surface area (Å²) in [6.45, 7) is 6.99. The van der Waals surface area contributed by atoms with Crippen LogP contribution in [-0.2, 0) is 9.53 Å². The maximum Gasteiger partial charge on any atom is 0.307 e. The number of nitrogens with one attached hydrogen (secondary N) is 2. The minimum Gasteiger partial charge on any atom is -0.463 e. The summed E-state index contributed by atoms with van der Waals surface area (Å²) in [7, 11) is 0. The predicted molar refractivity (Wildman–Crippen MR) is 107 cm³/mol. The maximum absolute atomic E-state index is 11.6. The fourth-order valence-electron chi connectivity index (χ4n) is 2.38. The molecule has 1 aromatic carbocycles. The smallest absolute Gasteiger partial charge is 0.307 e. The molecule has 0 aliphatic heterocycles. The van der Waals surface area contributed by atoms with Crippen LogP contribution in [0.1, 0.15) is 38.2 Å². The first kappa shape index (κ1) is 20.2. The zero-order valence-electron chi connectivity index (χ0n) is 15.5. The second-order valence-corrected chi connectivity index (χ2v) is 7.25. The van der Waals surface area contributed by atoms with Crippen molar-refractivity contribution in [1.29, 1.82) is 0 Å². The normalized spacial score (nSPS) is 13.0. The van der Waals surface area contributed by atoms with Crippen LogP contribution in [-0.4, -0.2) is 42.8 Å². The van der Waals surface area contributed by atoms with Gasteiger partial charge in [-0.2, -0.15) is 0 Å². The Balaban J connectivity index is 1.89. The Morgan fingerprint density at radius 3 is 2.77 bits per heavy atom. The van der Waals surface area contributed by atoms with Crippen LogP contribution in [0.2, 0.25) is 0 Å². The Labute approximate surface area is 158 Å². The Bertz CT molecular complexity index is 709. The van der Waals surface area contributed by atoms with E-state index in [9.17, 15) is 9.90 Å². The van der Waals surface area contributed by atoms with E-state index >= 15 is 0 Å². The van der Waals surface area contributed by atoms with E-state index in [1.807, 2.05) is 51.1 Å². The number of ether oxygens (including phenoxy) is 1. The zero-order valence-corrected chi connectivity index (χ0v) is 16.3. The summed E-state index contributed by atoms with van der Waals surface area (Å²) < 4.78 is 6.25. The van der Waals surface area contributed by atoms with Gasteiger partial charge in [0, 0.05) is 22.7 Å². The number of rotatable bonds is 8. The number of hydrogen-bond donors (Lipinski definition) is 3. The molecule has 3 N–H and O–H groups in total. The standard InChI is InChI=1S/C19H27N3O3S/c1-4-20-19(21-10-9-18(24)25-13(2)3)22-12-15(23)17-11-14-7-5-6-8-16(14)26-17/h5-8,11,13,15,23H,4,9-10,12H2,1-3H3,(H2,20,21,22). The van der Waals surface area contributed by atoms with Crippen molar-refractivity contribution in [2.75, 3.05) is 19.6 Å². The van der Waals surface area contributed by atoms with Crippen LogP contribution in [0.25, 0.3) is 10.1 Å². The quantitative estimate of drug-likeness (QED) is 0.374. The molecule has 7 heteroatoms. The van der Waals surface area contributed by atoms with E-state index in [4.69, 9.17) is 4.74 Å². The molecule has 0 bridgehead atoms. The van der Waals surface area contributed by atoms with E-state index in [1.165, 1.54) is 0 Å². The molecule has 1 unspecified atom stereocenters. The fourth-order valence-corrected chi connectivity index (χ4v) is 3.42. The third-order valence-corrected chi connectivity index (χ3v) is 4.75. The fraction of sp³-hybridized carbons (Fsp3) is 0.474.